The van der Waals surface area contributed by atoms with Gasteiger partial charge in [0.25, 0.3) is 11.7 Å². The highest BCUT2D eigenvalue weighted by Gasteiger charge is 2.52. The Morgan fingerprint density at radius 2 is 1.85 bits per heavy atom. The molecule has 0 aromatic carbocycles. The van der Waals surface area contributed by atoms with Crippen LogP contribution >= 0.6 is 0 Å². The molecule has 3 aliphatic rings. The number of rotatable bonds is 11. The van der Waals surface area contributed by atoms with Crippen molar-refractivity contribution < 1.29 is 43.5 Å². The number of Topliss-reactive ketones (excluding diaryl/α,β-unsaturated/α-hetero) is 1. The maximum atomic E-state index is 13.3. The molecule has 3 fully saturated rings. The number of esters is 1. The van der Waals surface area contributed by atoms with E-state index in [1.165, 1.54) is 4.90 Å². The van der Waals surface area contributed by atoms with Crippen LogP contribution in [0.4, 0.5) is 0 Å². The van der Waals surface area contributed by atoms with Crippen LogP contribution < -0.4 is 5.73 Å². The zero-order chi connectivity index (χ0) is 28.7. The molecule has 1 aliphatic carbocycles. The third-order valence-corrected chi connectivity index (χ3v) is 8.81. The number of ketones is 1. The van der Waals surface area contributed by atoms with Gasteiger partial charge in [-0.1, -0.05) is 13.8 Å². The first-order valence-electron chi connectivity index (χ1n) is 14.5. The first kappa shape index (κ1) is 31.9. The Bertz CT molecular complexity index is 842. The zero-order valence-corrected chi connectivity index (χ0v) is 23.9. The molecular weight excluding hydrogens is 508 g/mol. The second kappa shape index (κ2) is 14.3. The number of carbonyl (C=O) groups is 3. The smallest absolute Gasteiger partial charge is 0.329 e. The van der Waals surface area contributed by atoms with E-state index >= 15 is 0 Å². The summed E-state index contributed by atoms with van der Waals surface area (Å²) in [6.45, 7) is 6.05. The number of nitrogens with zero attached hydrogens (tertiary/aromatic N) is 1. The largest absolute Gasteiger partial charge is 0.461 e. The topological polar surface area (TPSA) is 158 Å². The van der Waals surface area contributed by atoms with Gasteiger partial charge in [0.1, 0.15) is 18.4 Å². The van der Waals surface area contributed by atoms with Gasteiger partial charge >= 0.3 is 5.97 Å². The summed E-state index contributed by atoms with van der Waals surface area (Å²) in [5.41, 5.74) is 5.80. The monoisotopic (exact) mass is 556 g/mol. The summed E-state index contributed by atoms with van der Waals surface area (Å²) in [5, 5.41) is 20.0. The van der Waals surface area contributed by atoms with Gasteiger partial charge in [-0.25, -0.2) is 4.79 Å². The van der Waals surface area contributed by atoms with Gasteiger partial charge in [0.15, 0.2) is 0 Å². The molecule has 11 nitrogen and oxygen atoms in total. The lowest BCUT2D eigenvalue weighted by atomic mass is 9.79. The lowest BCUT2D eigenvalue weighted by Crippen LogP contribution is -2.61. The number of hydrogen-bond donors (Lipinski definition) is 3. The van der Waals surface area contributed by atoms with Crippen LogP contribution in [-0.4, -0.2) is 96.0 Å². The predicted molar refractivity (Wildman–Crippen MR) is 141 cm³/mol. The minimum absolute atomic E-state index is 0.0175. The normalized spacial score (nSPS) is 35.2. The zero-order valence-electron chi connectivity index (χ0n) is 23.9. The molecule has 39 heavy (non-hydrogen) atoms. The number of amides is 1. The number of aliphatic hydroxyl groups excluding tert-OH is 1. The fraction of sp³-hybridized carbons (Fsp3) is 0.893. The molecule has 2 saturated heterocycles. The van der Waals surface area contributed by atoms with Gasteiger partial charge in [0.2, 0.25) is 5.79 Å². The van der Waals surface area contributed by atoms with E-state index in [9.17, 15) is 19.5 Å². The van der Waals surface area contributed by atoms with Crippen LogP contribution in [-0.2, 0) is 33.3 Å². The van der Waals surface area contributed by atoms with Crippen LogP contribution in [0.2, 0.25) is 0 Å². The van der Waals surface area contributed by atoms with E-state index in [4.69, 9.17) is 29.8 Å². The standard InChI is InChI=1S/C28H48N2O9/c1-17(15-20-9-10-22(37-14-13-31)23(16-20)36-4)19(3)38-27(34)21-7-5-6-12-30(21)26(33)25(32)28(35)18(2)8-11-24(29)39-28/h17-24,31,35H,5-16,29H2,1-4H3. The van der Waals surface area contributed by atoms with E-state index in [0.717, 1.165) is 32.1 Å². The van der Waals surface area contributed by atoms with Crippen molar-refractivity contribution in [3.8, 4) is 0 Å². The quantitative estimate of drug-likeness (QED) is 0.252. The Hall–Kier alpha value is -1.63. The van der Waals surface area contributed by atoms with E-state index in [1.807, 2.05) is 13.8 Å². The maximum Gasteiger partial charge on any atom is 0.329 e. The minimum atomic E-state index is -2.30. The van der Waals surface area contributed by atoms with Crippen LogP contribution in [0.15, 0.2) is 0 Å². The summed E-state index contributed by atoms with van der Waals surface area (Å²) in [6.07, 6.45) is 4.86. The Kier molecular flexibility index (Phi) is 11.7. The van der Waals surface area contributed by atoms with Crippen molar-refractivity contribution in [2.75, 3.05) is 26.9 Å². The Morgan fingerprint density at radius 1 is 1.10 bits per heavy atom. The molecule has 3 rings (SSSR count). The van der Waals surface area contributed by atoms with E-state index in [-0.39, 0.29) is 37.4 Å². The number of hydrogen-bond acceptors (Lipinski definition) is 10. The molecular formula is C28H48N2O9. The first-order chi connectivity index (χ1) is 18.5. The lowest BCUT2D eigenvalue weighted by molar-refractivity contribution is -0.261. The van der Waals surface area contributed by atoms with Crippen molar-refractivity contribution in [2.45, 2.75) is 115 Å². The van der Waals surface area contributed by atoms with Crippen LogP contribution in [0, 0.1) is 17.8 Å². The number of carbonyl (C=O) groups excluding carboxylic acids is 3. The average molecular weight is 557 g/mol. The maximum absolute atomic E-state index is 13.3. The van der Waals surface area contributed by atoms with Crippen molar-refractivity contribution in [1.29, 1.82) is 0 Å². The number of methoxy groups -OCH3 is 1. The molecule has 0 aromatic heterocycles. The molecule has 0 radical (unpaired) electrons. The number of piperidine rings is 1. The molecule has 0 aromatic rings. The molecule has 1 amide bonds. The van der Waals surface area contributed by atoms with Gasteiger partial charge in [-0.05, 0) is 76.5 Å². The highest BCUT2D eigenvalue weighted by molar-refractivity contribution is 6.39. The van der Waals surface area contributed by atoms with Gasteiger partial charge in [-0.2, -0.15) is 0 Å². The Labute approximate surface area is 231 Å². The SMILES string of the molecule is COC1CC(CC(C)C(C)OC(=O)C2CCCCN2C(=O)C(=O)C2(O)OC(N)CCC2C)CCC1OCCO. The molecule has 2 aliphatic heterocycles. The summed E-state index contributed by atoms with van der Waals surface area (Å²) < 4.78 is 22.6. The lowest BCUT2D eigenvalue weighted by Gasteiger charge is -2.41. The van der Waals surface area contributed by atoms with Gasteiger partial charge < -0.3 is 39.8 Å². The molecule has 11 heteroatoms. The second-order valence-electron chi connectivity index (χ2n) is 11.6. The van der Waals surface area contributed by atoms with Gasteiger partial charge in [0.05, 0.1) is 25.4 Å². The van der Waals surface area contributed by atoms with E-state index < -0.39 is 41.6 Å². The summed E-state index contributed by atoms with van der Waals surface area (Å²) in [4.78, 5) is 40.9. The Balaban J connectivity index is 1.57. The molecule has 4 N–H and O–H groups in total. The van der Waals surface area contributed by atoms with Crippen LogP contribution in [0.5, 0.6) is 0 Å². The summed E-state index contributed by atoms with van der Waals surface area (Å²) in [6, 6.07) is -0.891. The molecule has 0 bridgehead atoms. The van der Waals surface area contributed by atoms with Crippen molar-refractivity contribution in [1.82, 2.24) is 4.90 Å². The molecule has 9 unspecified atom stereocenters. The minimum Gasteiger partial charge on any atom is -0.461 e. The predicted octanol–water partition coefficient (Wildman–Crippen LogP) is 1.51. The number of ether oxygens (including phenoxy) is 4. The van der Waals surface area contributed by atoms with Crippen LogP contribution in [0.25, 0.3) is 0 Å². The summed E-state index contributed by atoms with van der Waals surface area (Å²) in [7, 11) is 1.67. The van der Waals surface area contributed by atoms with E-state index in [0.29, 0.717) is 38.2 Å². The van der Waals surface area contributed by atoms with Gasteiger partial charge in [-0.15, -0.1) is 0 Å². The third-order valence-electron chi connectivity index (χ3n) is 8.81. The fourth-order valence-corrected chi connectivity index (χ4v) is 6.13. The molecule has 0 spiro atoms. The fourth-order valence-electron chi connectivity index (χ4n) is 6.13. The first-order valence-corrected chi connectivity index (χ1v) is 14.5. The molecule has 9 atom stereocenters. The van der Waals surface area contributed by atoms with Crippen molar-refractivity contribution in [2.24, 2.45) is 23.5 Å². The van der Waals surface area contributed by atoms with Crippen molar-refractivity contribution >= 4 is 17.7 Å². The van der Waals surface area contributed by atoms with E-state index in [1.54, 1.807) is 14.0 Å². The molecule has 1 saturated carbocycles. The van der Waals surface area contributed by atoms with Crippen LogP contribution in [0.1, 0.15) is 78.6 Å². The third kappa shape index (κ3) is 7.77. The average Bonchev–Trinajstić information content (AvgIpc) is 2.93. The highest BCUT2D eigenvalue weighted by atomic mass is 16.6. The van der Waals surface area contributed by atoms with Crippen molar-refractivity contribution in [3.63, 3.8) is 0 Å². The van der Waals surface area contributed by atoms with Crippen molar-refractivity contribution in [3.05, 3.63) is 0 Å². The number of likely N-dealkylation sites (tertiary alicyclic amines) is 1. The summed E-state index contributed by atoms with van der Waals surface area (Å²) in [5.74, 6) is -5.00. The molecule has 2 heterocycles. The number of aliphatic hydroxyl groups is 2. The Morgan fingerprint density at radius 3 is 2.54 bits per heavy atom. The molecule has 224 valence electrons. The van der Waals surface area contributed by atoms with E-state index in [2.05, 4.69) is 0 Å². The highest BCUT2D eigenvalue weighted by Crippen LogP contribution is 2.35. The van der Waals surface area contributed by atoms with Crippen LogP contribution in [0.3, 0.4) is 0 Å². The second-order valence-corrected chi connectivity index (χ2v) is 11.6. The van der Waals surface area contributed by atoms with Gasteiger partial charge in [0, 0.05) is 19.6 Å². The summed E-state index contributed by atoms with van der Waals surface area (Å²) >= 11 is 0. The number of nitrogens with two attached hydrogens (primary N) is 1. The van der Waals surface area contributed by atoms with Gasteiger partial charge in [-0.3, -0.25) is 9.59 Å².